The lowest BCUT2D eigenvalue weighted by Gasteiger charge is -2.20. The summed E-state index contributed by atoms with van der Waals surface area (Å²) >= 11 is 0. The van der Waals surface area contributed by atoms with Gasteiger partial charge in [0.05, 0.1) is 18.4 Å². The molecule has 0 bridgehead atoms. The number of aryl methyl sites for hydroxylation is 1. The summed E-state index contributed by atoms with van der Waals surface area (Å²) in [6.07, 6.45) is -0.975. The maximum atomic E-state index is 12.4. The highest BCUT2D eigenvalue weighted by atomic mass is 16.3. The van der Waals surface area contributed by atoms with Crippen molar-refractivity contribution in [3.8, 4) is 11.3 Å². The Kier molecular flexibility index (Phi) is 5.25. The molecule has 122 valence electrons. The Bertz CT molecular complexity index is 757. The zero-order valence-corrected chi connectivity index (χ0v) is 13.0. The molecule has 0 unspecified atom stereocenters. The molecule has 2 rings (SSSR count). The molecule has 1 aromatic heterocycles. The van der Waals surface area contributed by atoms with Crippen LogP contribution >= 0.6 is 0 Å². The van der Waals surface area contributed by atoms with Gasteiger partial charge in [-0.05, 0) is 18.2 Å². The van der Waals surface area contributed by atoms with E-state index < -0.39 is 12.7 Å². The summed E-state index contributed by atoms with van der Waals surface area (Å²) in [4.78, 5) is 25.1. The number of aromatic nitrogens is 2. The van der Waals surface area contributed by atoms with E-state index in [0.29, 0.717) is 16.8 Å². The first-order chi connectivity index (χ1) is 10.9. The molecule has 1 atom stereocenters. The number of likely N-dealkylation sites (N-methyl/N-ethyl adjacent to an activating group) is 1. The number of amides is 1. The second kappa shape index (κ2) is 7.17. The second-order valence-electron chi connectivity index (χ2n) is 5.28. The van der Waals surface area contributed by atoms with Crippen molar-refractivity contribution in [2.24, 2.45) is 7.05 Å². The Hall–Kier alpha value is -2.51. The van der Waals surface area contributed by atoms with E-state index in [-0.39, 0.29) is 18.0 Å². The normalized spacial score (nSPS) is 12.0. The van der Waals surface area contributed by atoms with Crippen molar-refractivity contribution in [3.05, 3.63) is 52.3 Å². The number of benzene rings is 1. The predicted molar refractivity (Wildman–Crippen MR) is 85.0 cm³/mol. The van der Waals surface area contributed by atoms with Gasteiger partial charge in [-0.3, -0.25) is 9.59 Å². The van der Waals surface area contributed by atoms with Crippen LogP contribution in [0, 0.1) is 0 Å². The number of aliphatic hydroxyl groups is 2. The molecule has 2 N–H and O–H groups in total. The smallest absolute Gasteiger partial charge is 0.266 e. The summed E-state index contributed by atoms with van der Waals surface area (Å²) in [7, 11) is 3.11. The molecule has 0 aliphatic heterocycles. The standard InChI is InChI=1S/C16H19N3O4/c1-18(9-13(21)10-20)16(23)12-5-3-4-11(8-12)14-6-7-15(22)19(2)17-14/h3-8,13,20-21H,9-10H2,1-2H3/t13-/m0/s1. The minimum atomic E-state index is -0.975. The van der Waals surface area contributed by atoms with Crippen molar-refractivity contribution in [3.63, 3.8) is 0 Å². The zero-order valence-electron chi connectivity index (χ0n) is 13.0. The summed E-state index contributed by atoms with van der Waals surface area (Å²) in [6.45, 7) is -0.364. The van der Waals surface area contributed by atoms with Crippen molar-refractivity contribution < 1.29 is 15.0 Å². The molecule has 0 radical (unpaired) electrons. The average Bonchev–Trinajstić information content (AvgIpc) is 2.56. The average molecular weight is 317 g/mol. The third kappa shape index (κ3) is 4.02. The van der Waals surface area contributed by atoms with Crippen LogP contribution in [0.3, 0.4) is 0 Å². The predicted octanol–water partition coefficient (Wildman–Crippen LogP) is -0.128. The van der Waals surface area contributed by atoms with Gasteiger partial charge in [-0.2, -0.15) is 5.10 Å². The molecule has 1 amide bonds. The minimum absolute atomic E-state index is 0.0393. The Morgan fingerprint density at radius 1 is 1.35 bits per heavy atom. The first kappa shape index (κ1) is 16.9. The number of carbonyl (C=O) groups excluding carboxylic acids is 1. The molecule has 0 saturated heterocycles. The largest absolute Gasteiger partial charge is 0.394 e. The molecule has 0 spiro atoms. The van der Waals surface area contributed by atoms with Crippen LogP contribution in [0.2, 0.25) is 0 Å². The van der Waals surface area contributed by atoms with Gasteiger partial charge in [0, 0.05) is 37.8 Å². The molecule has 2 aromatic rings. The van der Waals surface area contributed by atoms with Gasteiger partial charge in [-0.15, -0.1) is 0 Å². The molecule has 7 nitrogen and oxygen atoms in total. The van der Waals surface area contributed by atoms with Gasteiger partial charge in [0.1, 0.15) is 0 Å². The second-order valence-corrected chi connectivity index (χ2v) is 5.28. The van der Waals surface area contributed by atoms with Gasteiger partial charge < -0.3 is 15.1 Å². The van der Waals surface area contributed by atoms with E-state index in [0.717, 1.165) is 0 Å². The molecular weight excluding hydrogens is 298 g/mol. The molecule has 0 saturated carbocycles. The van der Waals surface area contributed by atoms with Gasteiger partial charge in [0.2, 0.25) is 0 Å². The van der Waals surface area contributed by atoms with Crippen LogP contribution in [0.15, 0.2) is 41.2 Å². The molecule has 0 aliphatic rings. The van der Waals surface area contributed by atoms with Crippen molar-refractivity contribution in [1.29, 1.82) is 0 Å². The minimum Gasteiger partial charge on any atom is -0.394 e. The quantitative estimate of drug-likeness (QED) is 0.801. The number of nitrogens with zero attached hydrogens (tertiary/aromatic N) is 3. The fourth-order valence-corrected chi connectivity index (χ4v) is 2.14. The summed E-state index contributed by atoms with van der Waals surface area (Å²) < 4.78 is 1.23. The first-order valence-corrected chi connectivity index (χ1v) is 7.11. The van der Waals surface area contributed by atoms with Crippen molar-refractivity contribution in [1.82, 2.24) is 14.7 Å². The van der Waals surface area contributed by atoms with E-state index in [1.165, 1.54) is 15.6 Å². The molecule has 0 aliphatic carbocycles. The van der Waals surface area contributed by atoms with Gasteiger partial charge in [-0.1, -0.05) is 12.1 Å². The lowest BCUT2D eigenvalue weighted by molar-refractivity contribution is 0.0520. The number of hydrogen-bond donors (Lipinski definition) is 2. The summed E-state index contributed by atoms with van der Waals surface area (Å²) in [5, 5.41) is 22.4. The first-order valence-electron chi connectivity index (χ1n) is 7.11. The molecule has 1 aromatic carbocycles. The SMILES string of the molecule is CN(C[C@H](O)CO)C(=O)c1cccc(-c2ccc(=O)n(C)n2)c1. The Labute approximate surface area is 133 Å². The summed E-state index contributed by atoms with van der Waals surface area (Å²) in [5.74, 6) is -0.274. The van der Waals surface area contributed by atoms with E-state index in [2.05, 4.69) is 5.10 Å². The third-order valence-electron chi connectivity index (χ3n) is 3.41. The third-order valence-corrected chi connectivity index (χ3v) is 3.41. The summed E-state index contributed by atoms with van der Waals surface area (Å²) in [5.41, 5.74) is 1.52. The number of aliphatic hydroxyl groups excluding tert-OH is 2. The van der Waals surface area contributed by atoms with Crippen molar-refractivity contribution >= 4 is 5.91 Å². The fraction of sp³-hybridized carbons (Fsp3) is 0.312. The Balaban J connectivity index is 2.27. The number of carbonyl (C=O) groups is 1. The van der Waals surface area contributed by atoms with Crippen LogP contribution in [0.25, 0.3) is 11.3 Å². The molecule has 1 heterocycles. The summed E-state index contributed by atoms with van der Waals surface area (Å²) in [6, 6.07) is 9.89. The maximum Gasteiger partial charge on any atom is 0.266 e. The molecule has 0 fully saturated rings. The van der Waals surface area contributed by atoms with E-state index in [4.69, 9.17) is 5.11 Å². The van der Waals surface area contributed by atoms with Crippen LogP contribution in [0.5, 0.6) is 0 Å². The van der Waals surface area contributed by atoms with Gasteiger partial charge in [0.15, 0.2) is 0 Å². The van der Waals surface area contributed by atoms with E-state index in [1.54, 1.807) is 44.4 Å². The van der Waals surface area contributed by atoms with Crippen LogP contribution in [0.4, 0.5) is 0 Å². The number of rotatable bonds is 5. The van der Waals surface area contributed by atoms with Crippen LogP contribution in [-0.4, -0.2) is 57.1 Å². The van der Waals surface area contributed by atoms with Crippen LogP contribution in [0.1, 0.15) is 10.4 Å². The molecule has 23 heavy (non-hydrogen) atoms. The number of hydrogen-bond acceptors (Lipinski definition) is 5. The molecule has 7 heteroatoms. The van der Waals surface area contributed by atoms with Crippen molar-refractivity contribution in [2.75, 3.05) is 20.2 Å². The lowest BCUT2D eigenvalue weighted by atomic mass is 10.1. The van der Waals surface area contributed by atoms with Gasteiger partial charge in [-0.25, -0.2) is 4.68 Å². The van der Waals surface area contributed by atoms with Crippen molar-refractivity contribution in [2.45, 2.75) is 6.10 Å². The van der Waals surface area contributed by atoms with Crippen LogP contribution < -0.4 is 5.56 Å². The molecular formula is C16H19N3O4. The Morgan fingerprint density at radius 2 is 2.09 bits per heavy atom. The zero-order chi connectivity index (χ0) is 17.0. The van der Waals surface area contributed by atoms with Gasteiger partial charge >= 0.3 is 0 Å². The highest BCUT2D eigenvalue weighted by Gasteiger charge is 2.15. The topological polar surface area (TPSA) is 95.7 Å². The van der Waals surface area contributed by atoms with E-state index >= 15 is 0 Å². The highest BCUT2D eigenvalue weighted by Crippen LogP contribution is 2.18. The van der Waals surface area contributed by atoms with E-state index in [9.17, 15) is 14.7 Å². The van der Waals surface area contributed by atoms with Gasteiger partial charge in [0.25, 0.3) is 11.5 Å². The monoisotopic (exact) mass is 317 g/mol. The lowest BCUT2D eigenvalue weighted by Crippen LogP contribution is -2.35. The maximum absolute atomic E-state index is 12.4. The van der Waals surface area contributed by atoms with E-state index in [1.807, 2.05) is 0 Å². The van der Waals surface area contributed by atoms with Crippen LogP contribution in [-0.2, 0) is 7.05 Å². The highest BCUT2D eigenvalue weighted by molar-refractivity contribution is 5.95. The fourth-order valence-electron chi connectivity index (χ4n) is 2.14. The Morgan fingerprint density at radius 3 is 2.74 bits per heavy atom.